The van der Waals surface area contributed by atoms with Crippen molar-refractivity contribution in [3.63, 3.8) is 0 Å². The maximum Gasteiger partial charge on any atom is 0.303 e. The fourth-order valence-electron chi connectivity index (χ4n) is 6.09. The zero-order chi connectivity index (χ0) is 33.7. The number of esters is 4. The molecule has 0 bridgehead atoms. The van der Waals surface area contributed by atoms with Crippen LogP contribution in [0.2, 0.25) is 0 Å². The third-order valence-electron chi connectivity index (χ3n) is 7.90. The van der Waals surface area contributed by atoms with E-state index in [-0.39, 0.29) is 6.61 Å². The normalized spacial score (nSPS) is 22.2. The first kappa shape index (κ1) is 33.8. The minimum Gasteiger partial charge on any atom is -0.463 e. The Hall–Kier alpha value is -4.54. The maximum atomic E-state index is 12.4. The summed E-state index contributed by atoms with van der Waals surface area (Å²) in [5.41, 5.74) is 3.41. The molecule has 0 radical (unpaired) electrons. The highest BCUT2D eigenvalue weighted by atomic mass is 32.2. The van der Waals surface area contributed by atoms with Gasteiger partial charge >= 0.3 is 23.9 Å². The number of carbonyl (C=O) groups is 4. The van der Waals surface area contributed by atoms with Gasteiger partial charge in [0.1, 0.15) is 23.8 Å². The number of aromatic nitrogens is 2. The number of benzene rings is 1. The molecule has 5 atom stereocenters. The standard InChI is InChI=1S/C34H35N3O9S/c1-18(38)42-17-28-30(43-19(2)39)31(44-20(3)40)32(45-21(4)41)34(46-28)47-33-25(16-35)29(24-11-6-5-7-13-27(24)37-33)23-14-15-36-26-12-9-8-10-22(23)26/h8-10,12,14-15,28,30-32,34H,5-7,11,13,17H2,1-4H3/t28-,30-,31+,32-,34+/m1/s1. The number of thioether (sulfide) groups is 1. The van der Waals surface area contributed by atoms with E-state index in [1.165, 1.54) is 27.7 Å². The predicted octanol–water partition coefficient (Wildman–Crippen LogP) is 4.61. The molecular formula is C34H35N3O9S. The van der Waals surface area contributed by atoms with Crippen molar-refractivity contribution in [2.75, 3.05) is 6.61 Å². The van der Waals surface area contributed by atoms with Gasteiger partial charge in [-0.3, -0.25) is 24.2 Å². The minimum absolute atomic E-state index is 0.305. The number of hydrogen-bond donors (Lipinski definition) is 0. The molecule has 47 heavy (non-hydrogen) atoms. The van der Waals surface area contributed by atoms with Crippen molar-refractivity contribution in [3.05, 3.63) is 53.3 Å². The lowest BCUT2D eigenvalue weighted by molar-refractivity contribution is -0.237. The van der Waals surface area contributed by atoms with Crippen LogP contribution in [0.1, 0.15) is 63.8 Å². The van der Waals surface area contributed by atoms with Gasteiger partial charge in [0.15, 0.2) is 23.7 Å². The van der Waals surface area contributed by atoms with Crippen molar-refractivity contribution < 1.29 is 42.9 Å². The number of nitriles is 1. The second kappa shape index (κ2) is 14.9. The number of carbonyl (C=O) groups excluding carboxylic acids is 4. The molecule has 3 aromatic rings. The van der Waals surface area contributed by atoms with E-state index in [9.17, 15) is 24.4 Å². The van der Waals surface area contributed by atoms with Crippen molar-refractivity contribution in [1.29, 1.82) is 5.26 Å². The van der Waals surface area contributed by atoms with Gasteiger partial charge in [0.2, 0.25) is 0 Å². The Morgan fingerprint density at radius 3 is 2.28 bits per heavy atom. The number of para-hydroxylation sites is 1. The Kier molecular flexibility index (Phi) is 10.7. The summed E-state index contributed by atoms with van der Waals surface area (Å²) in [6.07, 6.45) is 1.01. The number of rotatable bonds is 8. The Labute approximate surface area is 276 Å². The van der Waals surface area contributed by atoms with Crippen molar-refractivity contribution in [3.8, 4) is 17.2 Å². The van der Waals surface area contributed by atoms with Crippen molar-refractivity contribution in [2.24, 2.45) is 0 Å². The summed E-state index contributed by atoms with van der Waals surface area (Å²) in [5, 5.41) is 11.9. The van der Waals surface area contributed by atoms with Crippen molar-refractivity contribution in [1.82, 2.24) is 9.97 Å². The molecule has 2 aliphatic rings. The molecule has 1 aromatic carbocycles. The van der Waals surface area contributed by atoms with E-state index in [2.05, 4.69) is 11.1 Å². The van der Waals surface area contributed by atoms with Crippen LogP contribution in [0.25, 0.3) is 22.0 Å². The van der Waals surface area contributed by atoms with Crippen LogP contribution in [-0.4, -0.2) is 70.3 Å². The summed E-state index contributed by atoms with van der Waals surface area (Å²) in [6.45, 7) is 4.38. The van der Waals surface area contributed by atoms with Gasteiger partial charge < -0.3 is 23.7 Å². The lowest BCUT2D eigenvalue weighted by Crippen LogP contribution is -2.61. The molecular weight excluding hydrogens is 626 g/mol. The van der Waals surface area contributed by atoms with E-state index >= 15 is 0 Å². The molecule has 0 saturated carbocycles. The van der Waals surface area contributed by atoms with E-state index < -0.39 is 53.7 Å². The number of fused-ring (bicyclic) bond motifs is 2. The molecule has 1 aliphatic heterocycles. The molecule has 0 N–H and O–H groups in total. The number of hydrogen-bond acceptors (Lipinski definition) is 13. The monoisotopic (exact) mass is 661 g/mol. The van der Waals surface area contributed by atoms with E-state index in [4.69, 9.17) is 28.7 Å². The Balaban J connectivity index is 1.67. The first-order chi connectivity index (χ1) is 22.6. The Morgan fingerprint density at radius 1 is 0.894 bits per heavy atom. The van der Waals surface area contributed by atoms with Gasteiger partial charge in [0.25, 0.3) is 0 Å². The summed E-state index contributed by atoms with van der Waals surface area (Å²) in [4.78, 5) is 58.2. The second-order valence-electron chi connectivity index (χ2n) is 11.3. The average molecular weight is 662 g/mol. The lowest BCUT2D eigenvalue weighted by Gasteiger charge is -2.44. The Morgan fingerprint density at radius 2 is 1.57 bits per heavy atom. The smallest absolute Gasteiger partial charge is 0.303 e. The van der Waals surface area contributed by atoms with E-state index in [0.29, 0.717) is 17.0 Å². The first-order valence-electron chi connectivity index (χ1n) is 15.3. The summed E-state index contributed by atoms with van der Waals surface area (Å²) >= 11 is 1.03. The summed E-state index contributed by atoms with van der Waals surface area (Å²) in [7, 11) is 0. The van der Waals surface area contributed by atoms with Crippen molar-refractivity contribution >= 4 is 46.5 Å². The summed E-state index contributed by atoms with van der Waals surface area (Å²) < 4.78 is 28.4. The average Bonchev–Trinajstić information content (AvgIpc) is 3.26. The van der Waals surface area contributed by atoms with Crippen LogP contribution in [0, 0.1) is 11.3 Å². The van der Waals surface area contributed by atoms with Crippen LogP contribution >= 0.6 is 11.8 Å². The summed E-state index contributed by atoms with van der Waals surface area (Å²) in [5.74, 6) is -2.77. The molecule has 1 saturated heterocycles. The largest absolute Gasteiger partial charge is 0.463 e. The molecule has 3 heterocycles. The number of ether oxygens (including phenoxy) is 5. The van der Waals surface area contributed by atoms with Crippen LogP contribution in [0.3, 0.4) is 0 Å². The van der Waals surface area contributed by atoms with E-state index in [1.54, 1.807) is 6.20 Å². The molecule has 13 heteroatoms. The SMILES string of the molecule is CC(=O)OC[C@H]1O[C@@H](Sc2nc3c(c(-c4ccnc5ccccc45)c2C#N)CCCCC3)[C@H](OC(C)=O)[C@@H](OC(C)=O)[C@@H]1OC(C)=O. The highest BCUT2D eigenvalue weighted by Crippen LogP contribution is 2.43. The molecule has 0 amide bonds. The minimum atomic E-state index is -1.33. The molecule has 246 valence electrons. The quantitative estimate of drug-likeness (QED) is 0.187. The van der Waals surface area contributed by atoms with Gasteiger partial charge in [-0.25, -0.2) is 4.98 Å². The predicted molar refractivity (Wildman–Crippen MR) is 169 cm³/mol. The van der Waals surface area contributed by atoms with Crippen molar-refractivity contribution in [2.45, 2.75) is 94.7 Å². The molecule has 0 spiro atoms. The topological polar surface area (TPSA) is 164 Å². The number of nitrogens with zero attached hydrogens (tertiary/aromatic N) is 3. The second-order valence-corrected chi connectivity index (χ2v) is 12.4. The Bertz CT molecular complexity index is 1730. The van der Waals surface area contributed by atoms with Gasteiger partial charge in [0.05, 0.1) is 11.1 Å². The molecule has 2 aromatic heterocycles. The third-order valence-corrected chi connectivity index (χ3v) is 9.03. The van der Waals surface area contributed by atoms with Gasteiger partial charge in [-0.15, -0.1) is 0 Å². The van der Waals surface area contributed by atoms with Crippen LogP contribution < -0.4 is 0 Å². The maximum absolute atomic E-state index is 12.4. The van der Waals surface area contributed by atoms with Gasteiger partial charge in [0, 0.05) is 50.5 Å². The van der Waals surface area contributed by atoms with Gasteiger partial charge in [-0.05, 0) is 48.9 Å². The molecule has 0 unspecified atom stereocenters. The molecule has 12 nitrogen and oxygen atoms in total. The van der Waals surface area contributed by atoms with Crippen LogP contribution in [-0.2, 0) is 55.7 Å². The molecule has 5 rings (SSSR count). The fraction of sp³-hybridized carbons (Fsp3) is 0.441. The first-order valence-corrected chi connectivity index (χ1v) is 16.2. The summed E-state index contributed by atoms with van der Waals surface area (Å²) in [6, 6.07) is 12.0. The molecule has 1 aliphatic carbocycles. The molecule has 1 fully saturated rings. The third kappa shape index (κ3) is 7.72. The zero-order valence-electron chi connectivity index (χ0n) is 26.5. The lowest BCUT2D eigenvalue weighted by atomic mass is 9.90. The van der Waals surface area contributed by atoms with Crippen LogP contribution in [0.5, 0.6) is 0 Å². The number of aryl methyl sites for hydroxylation is 1. The van der Waals surface area contributed by atoms with Gasteiger partial charge in [-0.1, -0.05) is 36.4 Å². The van der Waals surface area contributed by atoms with Crippen LogP contribution in [0.4, 0.5) is 0 Å². The highest BCUT2D eigenvalue weighted by Gasteiger charge is 2.53. The number of pyridine rings is 2. The van der Waals surface area contributed by atoms with E-state index in [1.807, 2.05) is 30.3 Å². The highest BCUT2D eigenvalue weighted by molar-refractivity contribution is 7.99. The van der Waals surface area contributed by atoms with Crippen LogP contribution in [0.15, 0.2) is 41.6 Å². The van der Waals surface area contributed by atoms with Gasteiger partial charge in [-0.2, -0.15) is 5.26 Å². The fourth-order valence-corrected chi connectivity index (χ4v) is 7.28. The zero-order valence-corrected chi connectivity index (χ0v) is 27.3. The van der Waals surface area contributed by atoms with E-state index in [0.717, 1.165) is 70.7 Å².